The molecule has 0 fully saturated rings. The lowest BCUT2D eigenvalue weighted by Crippen LogP contribution is -2.10. The van der Waals surface area contributed by atoms with E-state index in [9.17, 15) is 0 Å². The summed E-state index contributed by atoms with van der Waals surface area (Å²) in [6.45, 7) is 2.33. The molecule has 1 heterocycles. The van der Waals surface area contributed by atoms with Gasteiger partial charge in [0.05, 0.1) is 0 Å². The van der Waals surface area contributed by atoms with Crippen molar-refractivity contribution in [2.75, 3.05) is 0 Å². The van der Waals surface area contributed by atoms with E-state index in [1.807, 2.05) is 23.5 Å². The van der Waals surface area contributed by atoms with Gasteiger partial charge in [-0.2, -0.15) is 0 Å². The zero-order valence-corrected chi connectivity index (χ0v) is 12.0. The van der Waals surface area contributed by atoms with Gasteiger partial charge >= 0.3 is 0 Å². The molecular formula is C16H16S2. The molecule has 0 nitrogen and oxygen atoms in total. The lowest BCUT2D eigenvalue weighted by molar-refractivity contribution is 0.763. The summed E-state index contributed by atoms with van der Waals surface area (Å²) in [5, 5.41) is 1.31. The summed E-state index contributed by atoms with van der Waals surface area (Å²) in [6, 6.07) is 19.6. The second-order valence-electron chi connectivity index (χ2n) is 4.62. The number of thioether (sulfide) groups is 2. The van der Waals surface area contributed by atoms with Crippen LogP contribution in [0, 0.1) is 0 Å². The predicted octanol–water partition coefficient (Wildman–Crippen LogP) is 5.40. The Morgan fingerprint density at radius 2 is 1.72 bits per heavy atom. The molecule has 2 atom stereocenters. The Labute approximate surface area is 117 Å². The first kappa shape index (κ1) is 12.2. The van der Waals surface area contributed by atoms with E-state index in [-0.39, 0.29) is 0 Å². The average molecular weight is 272 g/mol. The Morgan fingerprint density at radius 3 is 2.56 bits per heavy atom. The Bertz CT molecular complexity index is 522. The summed E-state index contributed by atoms with van der Waals surface area (Å²) in [5.41, 5.74) is 1.51. The fourth-order valence-corrected chi connectivity index (χ4v) is 5.10. The molecule has 0 bridgehead atoms. The fourth-order valence-electron chi connectivity index (χ4n) is 2.32. The van der Waals surface area contributed by atoms with Crippen molar-refractivity contribution >= 4 is 23.5 Å². The molecule has 0 unspecified atom stereocenters. The molecule has 0 saturated carbocycles. The van der Waals surface area contributed by atoms with Crippen LogP contribution in [0.5, 0.6) is 0 Å². The van der Waals surface area contributed by atoms with Crippen LogP contribution in [0.15, 0.2) is 64.4 Å². The van der Waals surface area contributed by atoms with Gasteiger partial charge in [-0.15, -0.1) is 23.5 Å². The van der Waals surface area contributed by atoms with Crippen molar-refractivity contribution in [1.82, 2.24) is 0 Å². The maximum absolute atomic E-state index is 2.33. The summed E-state index contributed by atoms with van der Waals surface area (Å²) in [7, 11) is 0. The van der Waals surface area contributed by atoms with Crippen LogP contribution in [0.25, 0.3) is 0 Å². The quantitative estimate of drug-likeness (QED) is 0.717. The van der Waals surface area contributed by atoms with Gasteiger partial charge in [0.15, 0.2) is 0 Å². The van der Waals surface area contributed by atoms with Crippen molar-refractivity contribution in [3.05, 3.63) is 60.2 Å². The van der Waals surface area contributed by atoms with Crippen molar-refractivity contribution in [3.63, 3.8) is 0 Å². The number of hydrogen-bond donors (Lipinski definition) is 0. The van der Waals surface area contributed by atoms with Crippen LogP contribution in [0.1, 0.15) is 24.2 Å². The van der Waals surface area contributed by atoms with E-state index in [1.165, 1.54) is 21.8 Å². The van der Waals surface area contributed by atoms with Crippen molar-refractivity contribution in [1.29, 1.82) is 0 Å². The van der Waals surface area contributed by atoms with Gasteiger partial charge in [-0.05, 0) is 30.2 Å². The lowest BCUT2D eigenvalue weighted by atomic mass is 10.1. The predicted molar refractivity (Wildman–Crippen MR) is 81.4 cm³/mol. The van der Waals surface area contributed by atoms with Gasteiger partial charge in [-0.1, -0.05) is 43.3 Å². The van der Waals surface area contributed by atoms with Crippen molar-refractivity contribution in [3.8, 4) is 0 Å². The van der Waals surface area contributed by atoms with Crippen molar-refractivity contribution < 1.29 is 0 Å². The topological polar surface area (TPSA) is 0 Å². The minimum atomic E-state index is 0.597. The third kappa shape index (κ3) is 2.60. The normalized spacial score (nSPS) is 22.5. The van der Waals surface area contributed by atoms with Gasteiger partial charge in [-0.3, -0.25) is 0 Å². The van der Waals surface area contributed by atoms with E-state index in [1.54, 1.807) is 0 Å². The molecule has 2 aromatic carbocycles. The molecule has 0 amide bonds. The van der Waals surface area contributed by atoms with Crippen molar-refractivity contribution in [2.45, 2.75) is 33.6 Å². The molecule has 2 aromatic rings. The largest absolute Gasteiger partial charge is 0.123 e. The van der Waals surface area contributed by atoms with Crippen molar-refractivity contribution in [2.24, 2.45) is 0 Å². The number of fused-ring (bicyclic) bond motifs is 1. The highest BCUT2D eigenvalue weighted by atomic mass is 32.2. The minimum Gasteiger partial charge on any atom is -0.123 e. The molecule has 0 saturated heterocycles. The molecule has 0 radical (unpaired) electrons. The molecule has 0 N–H and O–H groups in total. The molecule has 1 aliphatic rings. The van der Waals surface area contributed by atoms with E-state index in [0.29, 0.717) is 10.5 Å². The summed E-state index contributed by atoms with van der Waals surface area (Å²) < 4.78 is 0. The van der Waals surface area contributed by atoms with Gasteiger partial charge in [0.25, 0.3) is 0 Å². The highest BCUT2D eigenvalue weighted by Gasteiger charge is 2.25. The van der Waals surface area contributed by atoms with Gasteiger partial charge in [-0.25, -0.2) is 0 Å². The molecule has 0 spiro atoms. The van der Waals surface area contributed by atoms with E-state index >= 15 is 0 Å². The first-order valence-corrected chi connectivity index (χ1v) is 8.06. The Balaban J connectivity index is 1.89. The molecular weight excluding hydrogens is 256 g/mol. The van der Waals surface area contributed by atoms with E-state index < -0.39 is 0 Å². The standard InChI is InChI=1S/C16H16S2/c1-12-11-16(18-13-7-3-2-4-8-13)14-9-5-6-10-15(14)17-12/h2-10,12,16H,11H2,1H3/t12-,16+/m0/s1. The summed E-state index contributed by atoms with van der Waals surface area (Å²) in [6.07, 6.45) is 1.25. The lowest BCUT2D eigenvalue weighted by Gasteiger charge is -2.28. The highest BCUT2D eigenvalue weighted by molar-refractivity contribution is 8.01. The molecule has 1 aliphatic heterocycles. The smallest absolute Gasteiger partial charge is 0.0366 e. The van der Waals surface area contributed by atoms with Crippen LogP contribution in [0.3, 0.4) is 0 Å². The van der Waals surface area contributed by atoms with Crippen LogP contribution in [0.2, 0.25) is 0 Å². The molecule has 0 aliphatic carbocycles. The summed E-state index contributed by atoms with van der Waals surface area (Å²) in [5.74, 6) is 0. The van der Waals surface area contributed by atoms with Crippen LogP contribution in [0.4, 0.5) is 0 Å². The first-order valence-electron chi connectivity index (χ1n) is 6.30. The minimum absolute atomic E-state index is 0.597. The number of hydrogen-bond acceptors (Lipinski definition) is 2. The fraction of sp³-hybridized carbons (Fsp3) is 0.250. The molecule has 92 valence electrons. The Morgan fingerprint density at radius 1 is 1.00 bits per heavy atom. The monoisotopic (exact) mass is 272 g/mol. The molecule has 3 rings (SSSR count). The van der Waals surface area contributed by atoms with Crippen LogP contribution < -0.4 is 0 Å². The highest BCUT2D eigenvalue weighted by Crippen LogP contribution is 2.48. The third-order valence-electron chi connectivity index (χ3n) is 3.16. The van der Waals surface area contributed by atoms with Gasteiger partial charge in [0.1, 0.15) is 0 Å². The van der Waals surface area contributed by atoms with Gasteiger partial charge in [0.2, 0.25) is 0 Å². The first-order chi connectivity index (χ1) is 8.83. The van der Waals surface area contributed by atoms with Gasteiger partial charge in [0, 0.05) is 20.3 Å². The van der Waals surface area contributed by atoms with E-state index in [4.69, 9.17) is 0 Å². The zero-order chi connectivity index (χ0) is 12.4. The maximum Gasteiger partial charge on any atom is 0.0366 e. The Kier molecular flexibility index (Phi) is 3.67. The van der Waals surface area contributed by atoms with Gasteiger partial charge < -0.3 is 0 Å². The Hall–Kier alpha value is -0.860. The summed E-state index contributed by atoms with van der Waals surface area (Å²) >= 11 is 4.01. The molecule has 2 heteroatoms. The third-order valence-corrected chi connectivity index (χ3v) is 5.66. The second-order valence-corrected chi connectivity index (χ2v) is 7.38. The zero-order valence-electron chi connectivity index (χ0n) is 10.4. The number of benzene rings is 2. The molecule has 18 heavy (non-hydrogen) atoms. The SMILES string of the molecule is C[C@H]1C[C@@H](Sc2ccccc2)c2ccccc2S1. The number of rotatable bonds is 2. The van der Waals surface area contributed by atoms with Crippen LogP contribution >= 0.6 is 23.5 Å². The van der Waals surface area contributed by atoms with E-state index in [2.05, 4.69) is 61.5 Å². The average Bonchev–Trinajstić information content (AvgIpc) is 2.40. The summed E-state index contributed by atoms with van der Waals surface area (Å²) in [4.78, 5) is 2.83. The van der Waals surface area contributed by atoms with Crippen LogP contribution in [-0.2, 0) is 0 Å². The maximum atomic E-state index is 2.33. The van der Waals surface area contributed by atoms with Crippen LogP contribution in [-0.4, -0.2) is 5.25 Å². The van der Waals surface area contributed by atoms with E-state index in [0.717, 1.165) is 0 Å². The second kappa shape index (κ2) is 5.41. The molecule has 0 aromatic heterocycles.